The van der Waals surface area contributed by atoms with Gasteiger partial charge in [-0.15, -0.1) is 0 Å². The largest absolute Gasteiger partial charge is 0.480 e. The molecule has 2 N–H and O–H groups in total. The second-order valence-electron chi connectivity index (χ2n) is 18.2. The number of anilines is 1. The van der Waals surface area contributed by atoms with Crippen LogP contribution >= 0.6 is 11.6 Å². The Bertz CT molecular complexity index is 3430. The average molecular weight is 1080 g/mol. The van der Waals surface area contributed by atoms with E-state index in [9.17, 15) is 71.4 Å². The summed E-state index contributed by atoms with van der Waals surface area (Å²) in [5.74, 6) is -9.62. The second kappa shape index (κ2) is 17.2. The highest BCUT2D eigenvalue weighted by atomic mass is 35.5. The number of aromatic nitrogens is 5. The van der Waals surface area contributed by atoms with Gasteiger partial charge in [-0.3, -0.25) is 23.7 Å². The molecule has 3 aliphatic carbocycles. The van der Waals surface area contributed by atoms with Crippen molar-refractivity contribution in [3.8, 4) is 23.0 Å². The number of benzene rings is 2. The number of alkyl halides is 8. The molecule has 3 atom stereocenters. The van der Waals surface area contributed by atoms with Gasteiger partial charge in [0.15, 0.2) is 21.3 Å². The molecule has 0 radical (unpaired) electrons. The van der Waals surface area contributed by atoms with Gasteiger partial charge in [0, 0.05) is 34.9 Å². The first-order valence-electron chi connectivity index (χ1n) is 21.1. The summed E-state index contributed by atoms with van der Waals surface area (Å²) in [6.45, 7) is -0.918. The summed E-state index contributed by atoms with van der Waals surface area (Å²) in [4.78, 5) is 44.8. The highest BCUT2D eigenvalue weighted by molar-refractivity contribution is 7.93. The highest BCUT2D eigenvalue weighted by Crippen LogP contribution is 2.68. The van der Waals surface area contributed by atoms with Crippen LogP contribution in [0.15, 0.2) is 42.5 Å². The van der Waals surface area contributed by atoms with Gasteiger partial charge in [-0.05, 0) is 87.3 Å². The number of nitrogens with one attached hydrogen (secondary N) is 1. The van der Waals surface area contributed by atoms with Crippen molar-refractivity contribution in [1.29, 1.82) is 0 Å². The molecule has 3 heterocycles. The number of carbonyl (C=O) groups is 3. The Morgan fingerprint density at radius 3 is 2.12 bits per heavy atom. The molecule has 2 fully saturated rings. The van der Waals surface area contributed by atoms with Crippen LogP contribution in [0.5, 0.6) is 0 Å². The third-order valence-corrected chi connectivity index (χ3v) is 15.9. The molecule has 3 aliphatic rings. The summed E-state index contributed by atoms with van der Waals surface area (Å²) in [6.07, 6.45) is -10.9. The van der Waals surface area contributed by atoms with E-state index < -0.39 is 165 Å². The smallest absolute Gasteiger partial charge is 0.435 e. The van der Waals surface area contributed by atoms with Gasteiger partial charge >= 0.3 is 18.3 Å². The number of pyridine rings is 1. The Balaban J connectivity index is 1.37. The zero-order valence-corrected chi connectivity index (χ0v) is 39.9. The van der Waals surface area contributed by atoms with E-state index in [1.807, 2.05) is 0 Å². The molecular formula is C44H36ClF10N7O8S2. The summed E-state index contributed by atoms with van der Waals surface area (Å²) in [5.41, 5.74) is -8.52. The lowest BCUT2D eigenvalue weighted by atomic mass is 9.93. The number of hydrogen-bond donors (Lipinski definition) is 2. The monoisotopic (exact) mass is 1080 g/mol. The van der Waals surface area contributed by atoms with Gasteiger partial charge < -0.3 is 10.4 Å². The van der Waals surface area contributed by atoms with E-state index in [1.165, 1.54) is 13.8 Å². The molecule has 2 amide bonds. The van der Waals surface area contributed by atoms with E-state index in [1.54, 1.807) is 0 Å². The van der Waals surface area contributed by atoms with E-state index in [0.717, 1.165) is 42.7 Å². The number of carboxylic acids is 1. The minimum Gasteiger partial charge on any atom is -0.480 e. The van der Waals surface area contributed by atoms with Crippen LogP contribution in [0.2, 0.25) is 5.02 Å². The van der Waals surface area contributed by atoms with Gasteiger partial charge in [0.05, 0.1) is 33.9 Å². The zero-order valence-electron chi connectivity index (χ0n) is 37.5. The van der Waals surface area contributed by atoms with E-state index in [-0.39, 0.29) is 49.8 Å². The van der Waals surface area contributed by atoms with Gasteiger partial charge in [-0.1, -0.05) is 23.6 Å². The number of hydrogen-bond acceptors (Lipinski definition) is 10. The van der Waals surface area contributed by atoms with Gasteiger partial charge in [0.1, 0.15) is 46.3 Å². The molecule has 0 saturated heterocycles. The minimum atomic E-state index is -5.24. The van der Waals surface area contributed by atoms with Crippen LogP contribution in [0.1, 0.15) is 79.0 Å². The SMILES string of the molecule is CC(C)(C#Cc1ccc(-c2ccc(Cl)c3c(N(C(=O)C4(C(=O)O)CC4)S(C)(=O)=O)nn(CC(F)(F)F)c23)c([C@H](Cc2cc(F)cc(F)c2)NC(=O)Cn2nc(C(F)(F)F)c3c2C(F)(F)[C@@H]2C[C@H]32)n1)S(C)(=O)=O. The number of halogens is 11. The molecule has 2 aromatic carbocycles. The van der Waals surface area contributed by atoms with Crippen LogP contribution < -0.4 is 9.62 Å². The van der Waals surface area contributed by atoms with Crippen molar-refractivity contribution in [3.05, 3.63) is 93.0 Å². The van der Waals surface area contributed by atoms with Crippen LogP contribution in [0, 0.1) is 34.8 Å². The number of amides is 2. The maximum Gasteiger partial charge on any atom is 0.435 e. The van der Waals surface area contributed by atoms with Gasteiger partial charge in [0.25, 0.3) is 11.8 Å². The lowest BCUT2D eigenvalue weighted by molar-refractivity contribution is -0.148. The van der Waals surface area contributed by atoms with Crippen LogP contribution in [0.3, 0.4) is 0 Å². The predicted octanol–water partition coefficient (Wildman–Crippen LogP) is 7.45. The van der Waals surface area contributed by atoms with Crippen molar-refractivity contribution in [2.75, 3.05) is 16.8 Å². The first-order chi connectivity index (χ1) is 33.1. The van der Waals surface area contributed by atoms with E-state index in [2.05, 4.69) is 32.3 Å². The van der Waals surface area contributed by atoms with Gasteiger partial charge in [-0.2, -0.15) is 49.6 Å². The maximum atomic E-state index is 15.6. The van der Waals surface area contributed by atoms with Crippen molar-refractivity contribution >= 4 is 66.0 Å². The minimum absolute atomic E-state index is 0.0921. The number of carboxylic acid groups (broad SMARTS) is 1. The van der Waals surface area contributed by atoms with Crippen molar-refractivity contribution < 1.29 is 80.2 Å². The third kappa shape index (κ3) is 9.47. The molecule has 384 valence electrons. The third-order valence-electron chi connectivity index (χ3n) is 12.6. The van der Waals surface area contributed by atoms with Crippen LogP contribution in [0.4, 0.5) is 49.7 Å². The summed E-state index contributed by atoms with van der Waals surface area (Å²) in [5, 5.41) is 18.3. The number of sulfonamides is 1. The molecule has 0 unspecified atom stereocenters. The summed E-state index contributed by atoms with van der Waals surface area (Å²) < 4.78 is 198. The Morgan fingerprint density at radius 1 is 0.944 bits per heavy atom. The molecule has 0 aliphatic heterocycles. The second-order valence-corrected chi connectivity index (χ2v) is 23.0. The van der Waals surface area contributed by atoms with Crippen LogP contribution in [-0.4, -0.2) is 87.7 Å². The van der Waals surface area contributed by atoms with Crippen LogP contribution in [0.25, 0.3) is 22.0 Å². The highest BCUT2D eigenvalue weighted by Gasteiger charge is 2.68. The molecule has 3 aromatic heterocycles. The quantitative estimate of drug-likeness (QED) is 0.0674. The number of rotatable bonds is 13. The molecule has 2 saturated carbocycles. The fraction of sp³-hybridized carbons (Fsp3) is 0.409. The predicted molar refractivity (Wildman–Crippen MR) is 234 cm³/mol. The summed E-state index contributed by atoms with van der Waals surface area (Å²) in [6, 6.07) is 4.52. The van der Waals surface area contributed by atoms with E-state index in [0.29, 0.717) is 12.3 Å². The summed E-state index contributed by atoms with van der Waals surface area (Å²) in [7, 11) is -8.88. The van der Waals surface area contributed by atoms with E-state index in [4.69, 9.17) is 11.6 Å². The zero-order chi connectivity index (χ0) is 53.2. The molecule has 5 aromatic rings. The normalized spacial score (nSPS) is 18.4. The van der Waals surface area contributed by atoms with Crippen molar-refractivity contribution in [1.82, 2.24) is 29.9 Å². The lowest BCUT2D eigenvalue weighted by Gasteiger charge is -2.23. The van der Waals surface area contributed by atoms with Crippen molar-refractivity contribution in [2.45, 2.75) is 87.6 Å². The average Bonchev–Trinajstić information content (AvgIpc) is 4.13. The molecule has 28 heteroatoms. The van der Waals surface area contributed by atoms with E-state index >= 15 is 8.78 Å². The molecular weight excluding hydrogens is 1040 g/mol. The Labute approximate surface area is 406 Å². The lowest BCUT2D eigenvalue weighted by Crippen LogP contribution is -2.44. The number of carbonyl (C=O) groups excluding carboxylic acids is 2. The Morgan fingerprint density at radius 2 is 1.57 bits per heavy atom. The Kier molecular flexibility index (Phi) is 12.4. The molecule has 72 heavy (non-hydrogen) atoms. The molecule has 0 bridgehead atoms. The fourth-order valence-corrected chi connectivity index (χ4v) is 10.0. The first-order valence-corrected chi connectivity index (χ1v) is 25.3. The van der Waals surface area contributed by atoms with Crippen molar-refractivity contribution in [3.63, 3.8) is 0 Å². The molecule has 8 rings (SSSR count). The fourth-order valence-electron chi connectivity index (χ4n) is 8.64. The summed E-state index contributed by atoms with van der Waals surface area (Å²) >= 11 is 6.60. The van der Waals surface area contributed by atoms with Gasteiger partial charge in [-0.25, -0.2) is 30.6 Å². The topological polar surface area (TPSA) is 204 Å². The number of aliphatic carboxylic acids is 1. The number of fused-ring (bicyclic) bond motifs is 4. The van der Waals surface area contributed by atoms with Crippen LogP contribution in [-0.2, 0) is 65.9 Å². The maximum absolute atomic E-state index is 15.6. The molecule has 15 nitrogen and oxygen atoms in total. The van der Waals surface area contributed by atoms with Gasteiger partial charge in [0.2, 0.25) is 15.9 Å². The Hall–Kier alpha value is -6.27. The molecule has 0 spiro atoms. The number of sulfone groups is 1. The number of nitrogens with zero attached hydrogens (tertiary/aromatic N) is 6. The standard InChI is InChI=1S/C44H36ClF10N7O8S2/c1-40(2,71(3,67)68)10-9-23-5-6-24(25-7-8-28(45)32-34(25)61(19-42(48,49)50)59-37(32)62(72(4,69)70)38(64)41(11-12-41)39(65)66)33(56-23)29(15-20-13-21(46)16-22(47)14-20)57-30(63)18-60-36-31(35(58-60)44(53,54)55)26-17-27(26)43(36,51)52/h5-8,13-14,16,26-27,29H,11-12,15,17-19H2,1-4H3,(H,57,63)(H,65,66)/t26-,27+,29-/m0/s1. The van der Waals surface area contributed by atoms with Crippen molar-refractivity contribution in [2.24, 2.45) is 11.3 Å². The first kappa shape index (κ1) is 52.1.